The molecule has 1 aliphatic rings. The molecule has 1 N–H and O–H groups in total. The van der Waals surface area contributed by atoms with Gasteiger partial charge >= 0.3 is 0 Å². The first-order valence-electron chi connectivity index (χ1n) is 6.87. The predicted octanol–water partition coefficient (Wildman–Crippen LogP) is 5.35. The van der Waals surface area contributed by atoms with E-state index in [9.17, 15) is 0 Å². The molecular weight excluding hydrogens is 326 g/mol. The van der Waals surface area contributed by atoms with E-state index < -0.39 is 0 Å². The summed E-state index contributed by atoms with van der Waals surface area (Å²) in [6.45, 7) is 3.34. The van der Waals surface area contributed by atoms with Crippen molar-refractivity contribution in [1.82, 2.24) is 0 Å². The maximum Gasteiger partial charge on any atom is 0.156 e. The van der Waals surface area contributed by atoms with Gasteiger partial charge in [-0.2, -0.15) is 0 Å². The monoisotopic (exact) mass is 345 g/mol. The molecule has 0 aromatic heterocycles. The summed E-state index contributed by atoms with van der Waals surface area (Å²) in [6, 6.07) is 3.78. The predicted molar refractivity (Wildman–Crippen MR) is 85.3 cm³/mol. The van der Waals surface area contributed by atoms with Crippen LogP contribution in [0.3, 0.4) is 0 Å². The Hall–Kier alpha value is -0.410. The van der Waals surface area contributed by atoms with Crippen LogP contribution in [0.1, 0.15) is 32.6 Å². The van der Waals surface area contributed by atoms with E-state index in [2.05, 4.69) is 28.2 Å². The average molecular weight is 347 g/mol. The SMILES string of the molecule is COc1c(Br)cc(Cl)cc1NCC1CCCC(C)C1. The highest BCUT2D eigenvalue weighted by molar-refractivity contribution is 9.10. The molecule has 1 aromatic carbocycles. The van der Waals surface area contributed by atoms with Crippen LogP contribution >= 0.6 is 27.5 Å². The molecule has 0 saturated heterocycles. The quantitative estimate of drug-likeness (QED) is 0.793. The van der Waals surface area contributed by atoms with E-state index in [-0.39, 0.29) is 0 Å². The van der Waals surface area contributed by atoms with Crippen molar-refractivity contribution in [3.05, 3.63) is 21.6 Å². The van der Waals surface area contributed by atoms with E-state index in [0.29, 0.717) is 5.02 Å². The fourth-order valence-corrected chi connectivity index (χ4v) is 3.87. The Morgan fingerprint density at radius 1 is 1.42 bits per heavy atom. The van der Waals surface area contributed by atoms with Gasteiger partial charge in [0, 0.05) is 11.6 Å². The second-order valence-corrected chi connectivity index (χ2v) is 6.78. The molecule has 1 aliphatic carbocycles. The molecule has 2 nitrogen and oxygen atoms in total. The van der Waals surface area contributed by atoms with Crippen LogP contribution in [0, 0.1) is 11.8 Å². The minimum Gasteiger partial charge on any atom is -0.493 e. The number of anilines is 1. The lowest BCUT2D eigenvalue weighted by Gasteiger charge is -2.27. The molecular formula is C15H21BrClNO. The van der Waals surface area contributed by atoms with Crippen LogP contribution in [-0.4, -0.2) is 13.7 Å². The van der Waals surface area contributed by atoms with Crippen LogP contribution in [0.15, 0.2) is 16.6 Å². The molecule has 0 spiro atoms. The first-order chi connectivity index (χ1) is 9.10. The van der Waals surface area contributed by atoms with Crippen LogP contribution < -0.4 is 10.1 Å². The summed E-state index contributed by atoms with van der Waals surface area (Å²) in [5.74, 6) is 2.44. The summed E-state index contributed by atoms with van der Waals surface area (Å²) in [5.41, 5.74) is 0.972. The molecule has 2 unspecified atom stereocenters. The highest BCUT2D eigenvalue weighted by Crippen LogP contribution is 2.37. The molecule has 106 valence electrons. The number of rotatable bonds is 4. The Bertz CT molecular complexity index is 438. The Kier molecular flexibility index (Phi) is 5.40. The molecule has 1 fully saturated rings. The zero-order valence-electron chi connectivity index (χ0n) is 11.5. The zero-order valence-corrected chi connectivity index (χ0v) is 13.9. The molecule has 0 bridgehead atoms. The molecule has 4 heteroatoms. The van der Waals surface area contributed by atoms with E-state index >= 15 is 0 Å². The number of hydrogen-bond donors (Lipinski definition) is 1. The summed E-state index contributed by atoms with van der Waals surface area (Å²) < 4.78 is 6.31. The molecule has 2 atom stereocenters. The number of nitrogens with one attached hydrogen (secondary N) is 1. The second-order valence-electron chi connectivity index (χ2n) is 5.49. The van der Waals surface area contributed by atoms with Crippen LogP contribution in [-0.2, 0) is 0 Å². The van der Waals surface area contributed by atoms with Crippen molar-refractivity contribution in [1.29, 1.82) is 0 Å². The number of hydrogen-bond acceptors (Lipinski definition) is 2. The van der Waals surface area contributed by atoms with Crippen molar-refractivity contribution in [2.24, 2.45) is 11.8 Å². The van der Waals surface area contributed by atoms with Crippen LogP contribution in [0.4, 0.5) is 5.69 Å². The molecule has 19 heavy (non-hydrogen) atoms. The molecule has 0 amide bonds. The van der Waals surface area contributed by atoms with Gasteiger partial charge in [0.05, 0.1) is 17.3 Å². The lowest BCUT2D eigenvalue weighted by molar-refractivity contribution is 0.293. The average Bonchev–Trinajstić information content (AvgIpc) is 2.36. The Labute approximate surface area is 129 Å². The van der Waals surface area contributed by atoms with Gasteiger partial charge in [-0.1, -0.05) is 31.4 Å². The van der Waals surface area contributed by atoms with Crippen LogP contribution in [0.5, 0.6) is 5.75 Å². The Morgan fingerprint density at radius 2 is 2.21 bits per heavy atom. The molecule has 1 aromatic rings. The topological polar surface area (TPSA) is 21.3 Å². The fourth-order valence-electron chi connectivity index (χ4n) is 2.90. The smallest absolute Gasteiger partial charge is 0.156 e. The molecule has 0 aliphatic heterocycles. The largest absolute Gasteiger partial charge is 0.493 e. The van der Waals surface area contributed by atoms with Gasteiger partial charge in [-0.15, -0.1) is 0 Å². The van der Waals surface area contributed by atoms with Gasteiger partial charge in [-0.25, -0.2) is 0 Å². The first kappa shape index (κ1) is 15.0. The molecule has 1 saturated carbocycles. The van der Waals surface area contributed by atoms with Crippen molar-refractivity contribution in [2.45, 2.75) is 32.6 Å². The van der Waals surface area contributed by atoms with Crippen molar-refractivity contribution in [3.63, 3.8) is 0 Å². The second kappa shape index (κ2) is 6.85. The third-order valence-electron chi connectivity index (χ3n) is 3.84. The maximum absolute atomic E-state index is 6.10. The Balaban J connectivity index is 2.02. The van der Waals surface area contributed by atoms with Crippen molar-refractivity contribution >= 4 is 33.2 Å². The van der Waals surface area contributed by atoms with E-state index in [1.807, 2.05) is 12.1 Å². The summed E-state index contributed by atoms with van der Waals surface area (Å²) in [7, 11) is 1.68. The van der Waals surface area contributed by atoms with Gasteiger partial charge in [0.25, 0.3) is 0 Å². The van der Waals surface area contributed by atoms with Gasteiger partial charge in [-0.05, 0) is 52.7 Å². The summed E-state index contributed by atoms with van der Waals surface area (Å²) in [6.07, 6.45) is 5.37. The number of ether oxygens (including phenoxy) is 1. The number of benzene rings is 1. The van der Waals surface area contributed by atoms with Gasteiger partial charge in [0.2, 0.25) is 0 Å². The van der Waals surface area contributed by atoms with Gasteiger partial charge in [0.1, 0.15) is 0 Å². The number of methoxy groups -OCH3 is 1. The van der Waals surface area contributed by atoms with E-state index in [1.54, 1.807) is 7.11 Å². The molecule has 0 radical (unpaired) electrons. The lowest BCUT2D eigenvalue weighted by Crippen LogP contribution is -2.21. The highest BCUT2D eigenvalue weighted by Gasteiger charge is 2.19. The third-order valence-corrected chi connectivity index (χ3v) is 4.65. The summed E-state index contributed by atoms with van der Waals surface area (Å²) in [5, 5.41) is 4.21. The van der Waals surface area contributed by atoms with E-state index in [0.717, 1.165) is 34.3 Å². The van der Waals surface area contributed by atoms with Gasteiger partial charge in [0.15, 0.2) is 5.75 Å². The summed E-state index contributed by atoms with van der Waals surface area (Å²) in [4.78, 5) is 0. The normalized spacial score (nSPS) is 23.2. The maximum atomic E-state index is 6.10. The van der Waals surface area contributed by atoms with Gasteiger partial charge < -0.3 is 10.1 Å². The lowest BCUT2D eigenvalue weighted by atomic mass is 9.82. The number of halogens is 2. The van der Waals surface area contributed by atoms with Crippen LogP contribution in [0.25, 0.3) is 0 Å². The highest BCUT2D eigenvalue weighted by atomic mass is 79.9. The van der Waals surface area contributed by atoms with Crippen molar-refractivity contribution < 1.29 is 4.74 Å². The summed E-state index contributed by atoms with van der Waals surface area (Å²) >= 11 is 9.58. The van der Waals surface area contributed by atoms with Crippen LogP contribution in [0.2, 0.25) is 5.02 Å². The zero-order chi connectivity index (χ0) is 13.8. The van der Waals surface area contributed by atoms with Crippen molar-refractivity contribution in [2.75, 3.05) is 19.0 Å². The fraction of sp³-hybridized carbons (Fsp3) is 0.600. The minimum absolute atomic E-state index is 0.715. The van der Waals surface area contributed by atoms with Gasteiger partial charge in [-0.3, -0.25) is 0 Å². The van der Waals surface area contributed by atoms with E-state index in [1.165, 1.54) is 25.7 Å². The molecule has 2 rings (SSSR count). The minimum atomic E-state index is 0.715. The third kappa shape index (κ3) is 4.03. The Morgan fingerprint density at radius 3 is 2.89 bits per heavy atom. The molecule has 0 heterocycles. The first-order valence-corrected chi connectivity index (χ1v) is 8.04. The van der Waals surface area contributed by atoms with E-state index in [4.69, 9.17) is 16.3 Å². The standard InChI is InChI=1S/C15H21BrClNO/c1-10-4-3-5-11(6-10)9-18-14-8-12(17)7-13(16)15(14)19-2/h7-8,10-11,18H,3-6,9H2,1-2H3. The van der Waals surface area contributed by atoms with Crippen molar-refractivity contribution in [3.8, 4) is 5.75 Å².